The van der Waals surface area contributed by atoms with Crippen molar-refractivity contribution in [2.24, 2.45) is 0 Å². The fourth-order valence-electron chi connectivity index (χ4n) is 2.82. The van der Waals surface area contributed by atoms with Gasteiger partial charge in [0.25, 0.3) is 0 Å². The molecule has 0 fully saturated rings. The first-order valence-corrected chi connectivity index (χ1v) is 9.04. The van der Waals surface area contributed by atoms with Crippen LogP contribution in [0.2, 0.25) is 0 Å². The maximum absolute atomic E-state index is 12.5. The largest absolute Gasteiger partial charge is 0.573 e. The quantitative estimate of drug-likeness (QED) is 0.654. The summed E-state index contributed by atoms with van der Waals surface area (Å²) in [6.45, 7) is 1.75. The molecule has 10 heteroatoms. The predicted octanol–water partition coefficient (Wildman–Crippen LogP) is 4.07. The molecule has 3 rings (SSSR count). The summed E-state index contributed by atoms with van der Waals surface area (Å²) in [6.07, 6.45) is -1.78. The number of ether oxygens (including phenoxy) is 1. The highest BCUT2D eigenvalue weighted by Crippen LogP contribution is 2.26. The zero-order valence-corrected chi connectivity index (χ0v) is 16.3. The summed E-state index contributed by atoms with van der Waals surface area (Å²) in [5.41, 5.74) is 1.94. The fraction of sp³-hybridized carbons (Fsp3) is 0.250. The molecule has 30 heavy (non-hydrogen) atoms. The Morgan fingerprint density at radius 3 is 2.53 bits per heavy atom. The van der Waals surface area contributed by atoms with E-state index in [-0.39, 0.29) is 23.9 Å². The maximum Gasteiger partial charge on any atom is 0.573 e. The molecule has 1 aromatic heterocycles. The number of amides is 2. The molecule has 7 nitrogen and oxygen atoms in total. The molecular weight excluding hydrogens is 399 g/mol. The molecule has 0 saturated heterocycles. The van der Waals surface area contributed by atoms with Gasteiger partial charge in [-0.15, -0.1) is 13.2 Å². The molecule has 3 aromatic rings. The fourth-order valence-corrected chi connectivity index (χ4v) is 2.82. The zero-order chi connectivity index (χ0) is 21.7. The van der Waals surface area contributed by atoms with Gasteiger partial charge in [0.2, 0.25) is 0 Å². The number of urea groups is 1. The summed E-state index contributed by atoms with van der Waals surface area (Å²) in [4.78, 5) is 17.9. The molecule has 0 bridgehead atoms. The Labute approximate surface area is 171 Å². The highest BCUT2D eigenvalue weighted by atomic mass is 19.4. The van der Waals surface area contributed by atoms with Crippen molar-refractivity contribution in [2.75, 3.05) is 7.05 Å². The second kappa shape index (κ2) is 8.85. The first-order chi connectivity index (χ1) is 14.2. The first-order valence-electron chi connectivity index (χ1n) is 9.04. The van der Waals surface area contributed by atoms with Crippen molar-refractivity contribution in [3.05, 3.63) is 72.3 Å². The van der Waals surface area contributed by atoms with Gasteiger partial charge in [-0.05, 0) is 30.7 Å². The third kappa shape index (κ3) is 5.28. The maximum atomic E-state index is 12.5. The molecule has 1 unspecified atom stereocenters. The molecule has 1 N–H and O–H groups in total. The average molecular weight is 419 g/mol. The summed E-state index contributed by atoms with van der Waals surface area (Å²) in [6, 6.07) is 12.5. The van der Waals surface area contributed by atoms with Crippen LogP contribution in [-0.2, 0) is 6.54 Å². The third-order valence-electron chi connectivity index (χ3n) is 4.59. The molecule has 0 aliphatic carbocycles. The summed E-state index contributed by atoms with van der Waals surface area (Å²) in [5.74, 6) is -0.343. The van der Waals surface area contributed by atoms with Gasteiger partial charge in [-0.3, -0.25) is 0 Å². The molecule has 0 spiro atoms. The molecule has 0 aliphatic rings. The Kier molecular flexibility index (Phi) is 6.24. The van der Waals surface area contributed by atoms with E-state index in [1.165, 1.54) is 29.4 Å². The Bertz CT molecular complexity index is 975. The van der Waals surface area contributed by atoms with E-state index in [9.17, 15) is 18.0 Å². The van der Waals surface area contributed by atoms with Crippen LogP contribution in [0.4, 0.5) is 18.0 Å². The van der Waals surface area contributed by atoms with Crippen molar-refractivity contribution in [1.82, 2.24) is 25.0 Å². The minimum absolute atomic E-state index is 0.104. The molecular formula is C20H20F3N5O2. The highest BCUT2D eigenvalue weighted by molar-refractivity contribution is 5.74. The Hall–Kier alpha value is -3.56. The van der Waals surface area contributed by atoms with Crippen molar-refractivity contribution in [3.63, 3.8) is 0 Å². The van der Waals surface area contributed by atoms with Crippen LogP contribution in [0.3, 0.4) is 0 Å². The van der Waals surface area contributed by atoms with E-state index in [1.807, 2.05) is 31.2 Å². The summed E-state index contributed by atoms with van der Waals surface area (Å²) in [7, 11) is 1.61. The number of para-hydroxylation sites is 1. The lowest BCUT2D eigenvalue weighted by atomic mass is 10.1. The number of hydrogen-bond acceptors (Lipinski definition) is 4. The van der Waals surface area contributed by atoms with Crippen LogP contribution in [0, 0.1) is 0 Å². The number of aromatic nitrogens is 3. The second-order valence-electron chi connectivity index (χ2n) is 6.53. The van der Waals surface area contributed by atoms with Gasteiger partial charge in [0.05, 0.1) is 11.7 Å². The third-order valence-corrected chi connectivity index (χ3v) is 4.59. The van der Waals surface area contributed by atoms with Crippen molar-refractivity contribution >= 4 is 6.03 Å². The minimum Gasteiger partial charge on any atom is -0.405 e. The number of halogens is 3. The predicted molar refractivity (Wildman–Crippen MR) is 103 cm³/mol. The molecule has 0 aliphatic heterocycles. The number of carbonyl (C=O) groups is 1. The van der Waals surface area contributed by atoms with Crippen molar-refractivity contribution in [1.29, 1.82) is 0 Å². The Balaban J connectivity index is 1.62. The van der Waals surface area contributed by atoms with Crippen LogP contribution in [0.1, 0.15) is 24.1 Å². The standard InChI is InChI=1S/C20H20F3N5O2/c1-14(15-7-9-17(10-8-15)28-13-24-12-26-28)27(2)19(29)25-11-16-5-3-4-6-18(16)30-20(21,22)23/h3-10,12-14H,11H2,1-2H3,(H,25,29). The number of rotatable bonds is 6. The minimum atomic E-state index is -4.80. The van der Waals surface area contributed by atoms with Crippen molar-refractivity contribution in [2.45, 2.75) is 25.9 Å². The van der Waals surface area contributed by atoms with Gasteiger partial charge >= 0.3 is 12.4 Å². The van der Waals surface area contributed by atoms with Crippen molar-refractivity contribution in [3.8, 4) is 11.4 Å². The van der Waals surface area contributed by atoms with Gasteiger partial charge in [-0.2, -0.15) is 5.10 Å². The van der Waals surface area contributed by atoms with E-state index in [1.54, 1.807) is 24.1 Å². The van der Waals surface area contributed by atoms with Gasteiger partial charge in [-0.25, -0.2) is 14.5 Å². The van der Waals surface area contributed by atoms with E-state index >= 15 is 0 Å². The molecule has 0 saturated carbocycles. The van der Waals surface area contributed by atoms with Gasteiger partial charge in [0.1, 0.15) is 18.4 Å². The summed E-state index contributed by atoms with van der Waals surface area (Å²) in [5, 5.41) is 6.68. The van der Waals surface area contributed by atoms with E-state index in [4.69, 9.17) is 0 Å². The van der Waals surface area contributed by atoms with Gasteiger partial charge in [0, 0.05) is 19.2 Å². The lowest BCUT2D eigenvalue weighted by Gasteiger charge is -2.26. The number of carbonyl (C=O) groups excluding carboxylic acids is 1. The molecule has 1 heterocycles. The summed E-state index contributed by atoms with van der Waals surface area (Å²) < 4.78 is 43.2. The first kappa shape index (κ1) is 21.2. The molecule has 1 atom stereocenters. The smallest absolute Gasteiger partial charge is 0.405 e. The summed E-state index contributed by atoms with van der Waals surface area (Å²) >= 11 is 0. The number of nitrogens with one attached hydrogen (secondary N) is 1. The second-order valence-corrected chi connectivity index (χ2v) is 6.53. The van der Waals surface area contributed by atoms with E-state index in [0.29, 0.717) is 0 Å². The Morgan fingerprint density at radius 2 is 1.90 bits per heavy atom. The van der Waals surface area contributed by atoms with Gasteiger partial charge < -0.3 is 15.0 Å². The highest BCUT2D eigenvalue weighted by Gasteiger charge is 2.32. The average Bonchev–Trinajstić information content (AvgIpc) is 3.25. The van der Waals surface area contributed by atoms with Crippen LogP contribution in [0.5, 0.6) is 5.75 Å². The van der Waals surface area contributed by atoms with Crippen LogP contribution >= 0.6 is 0 Å². The molecule has 2 aromatic carbocycles. The van der Waals surface area contributed by atoms with Crippen LogP contribution in [-0.4, -0.2) is 39.1 Å². The number of alkyl halides is 3. The van der Waals surface area contributed by atoms with Crippen molar-refractivity contribution < 1.29 is 22.7 Å². The van der Waals surface area contributed by atoms with E-state index < -0.39 is 12.4 Å². The Morgan fingerprint density at radius 1 is 1.20 bits per heavy atom. The van der Waals surface area contributed by atoms with Gasteiger partial charge in [0.15, 0.2) is 0 Å². The van der Waals surface area contributed by atoms with Crippen LogP contribution < -0.4 is 10.1 Å². The lowest BCUT2D eigenvalue weighted by Crippen LogP contribution is -2.38. The monoisotopic (exact) mass is 419 g/mol. The topological polar surface area (TPSA) is 72.3 Å². The molecule has 2 amide bonds. The van der Waals surface area contributed by atoms with E-state index in [0.717, 1.165) is 11.3 Å². The van der Waals surface area contributed by atoms with Crippen LogP contribution in [0.25, 0.3) is 5.69 Å². The normalized spacial score (nSPS) is 12.3. The number of benzene rings is 2. The molecule has 0 radical (unpaired) electrons. The molecule has 158 valence electrons. The van der Waals surface area contributed by atoms with Crippen LogP contribution in [0.15, 0.2) is 61.2 Å². The van der Waals surface area contributed by atoms with E-state index in [2.05, 4.69) is 20.1 Å². The SMILES string of the molecule is CC(c1ccc(-n2cncn2)cc1)N(C)C(=O)NCc1ccccc1OC(F)(F)F. The van der Waals surface area contributed by atoms with Gasteiger partial charge in [-0.1, -0.05) is 30.3 Å². The lowest BCUT2D eigenvalue weighted by molar-refractivity contribution is -0.274. The number of hydrogen-bond donors (Lipinski definition) is 1. The zero-order valence-electron chi connectivity index (χ0n) is 16.3. The number of nitrogens with zero attached hydrogens (tertiary/aromatic N) is 4.